The minimum atomic E-state index is -0.507. The fourth-order valence-electron chi connectivity index (χ4n) is 3.37. The molecule has 32 heavy (non-hydrogen) atoms. The van der Waals surface area contributed by atoms with Gasteiger partial charge in [0.05, 0.1) is 3.57 Å². The summed E-state index contributed by atoms with van der Waals surface area (Å²) >= 11 is 7.26. The van der Waals surface area contributed by atoms with Crippen LogP contribution in [0.4, 0.5) is 0 Å². The third-order valence-electron chi connectivity index (χ3n) is 4.97. The van der Waals surface area contributed by atoms with Crippen LogP contribution in [0.2, 0.25) is 0 Å². The lowest BCUT2D eigenvalue weighted by molar-refractivity contribution is -0.128. The van der Waals surface area contributed by atoms with Gasteiger partial charge in [0.15, 0.2) is 5.11 Å². The number of fused-ring (bicyclic) bond motifs is 1. The lowest BCUT2D eigenvalue weighted by Crippen LogP contribution is -2.53. The maximum atomic E-state index is 12.7. The van der Waals surface area contributed by atoms with Gasteiger partial charge < -0.3 is 4.74 Å². The van der Waals surface area contributed by atoms with Gasteiger partial charge in [-0.15, -0.1) is 6.58 Å². The molecule has 0 atom stereocenters. The largest absolute Gasteiger partial charge is 0.488 e. The normalized spacial score (nSPS) is 15.2. The van der Waals surface area contributed by atoms with E-state index in [2.05, 4.69) is 64.8 Å². The molecule has 3 aromatic carbocycles. The van der Waals surface area contributed by atoms with E-state index in [-0.39, 0.29) is 17.2 Å². The van der Waals surface area contributed by atoms with Crippen LogP contribution in [0.15, 0.2) is 78.9 Å². The van der Waals surface area contributed by atoms with E-state index < -0.39 is 11.8 Å². The van der Waals surface area contributed by atoms with Crippen LogP contribution in [0.1, 0.15) is 11.1 Å². The number of nitrogens with one attached hydrogen (secondary N) is 1. The summed E-state index contributed by atoms with van der Waals surface area (Å²) in [5, 5.41) is 5.00. The first kappa shape index (κ1) is 22.2. The number of hydrogen-bond donors (Lipinski definition) is 1. The molecule has 1 N–H and O–H groups in total. The minimum absolute atomic E-state index is 0.0288. The average molecular weight is 554 g/mol. The lowest BCUT2D eigenvalue weighted by Gasteiger charge is -2.27. The van der Waals surface area contributed by atoms with Crippen LogP contribution in [-0.4, -0.2) is 28.4 Å². The Hall–Kier alpha value is -3.04. The summed E-state index contributed by atoms with van der Waals surface area (Å²) in [6.45, 7) is 4.30. The van der Waals surface area contributed by atoms with Crippen LogP contribution in [0.25, 0.3) is 16.8 Å². The summed E-state index contributed by atoms with van der Waals surface area (Å²) in [4.78, 5) is 26.3. The molecule has 5 nitrogen and oxygen atoms in total. The second-order valence-corrected chi connectivity index (χ2v) is 8.73. The van der Waals surface area contributed by atoms with Gasteiger partial charge in [0.2, 0.25) is 0 Å². The lowest BCUT2D eigenvalue weighted by atomic mass is 10.1. The number of nitrogens with zero attached hydrogens (tertiary/aromatic N) is 1. The van der Waals surface area contributed by atoms with Crippen molar-refractivity contribution in [3.8, 4) is 5.75 Å². The van der Waals surface area contributed by atoms with Crippen LogP contribution in [0.3, 0.4) is 0 Å². The molecule has 7 heteroatoms. The number of rotatable bonds is 6. The average Bonchev–Trinajstić information content (AvgIpc) is 2.78. The van der Waals surface area contributed by atoms with Crippen LogP contribution in [0.5, 0.6) is 5.75 Å². The smallest absolute Gasteiger partial charge is 0.265 e. The quantitative estimate of drug-likeness (QED) is 0.156. The highest BCUT2D eigenvalue weighted by Crippen LogP contribution is 2.26. The summed E-state index contributed by atoms with van der Waals surface area (Å²) in [7, 11) is 0. The van der Waals surface area contributed by atoms with Gasteiger partial charge in [0.25, 0.3) is 11.8 Å². The van der Waals surface area contributed by atoms with Gasteiger partial charge in [-0.3, -0.25) is 19.8 Å². The van der Waals surface area contributed by atoms with E-state index in [4.69, 9.17) is 17.0 Å². The predicted octanol–water partition coefficient (Wildman–Crippen LogP) is 4.84. The van der Waals surface area contributed by atoms with Crippen LogP contribution < -0.4 is 10.1 Å². The van der Waals surface area contributed by atoms with Crippen molar-refractivity contribution in [1.82, 2.24) is 10.2 Å². The maximum absolute atomic E-state index is 12.7. The van der Waals surface area contributed by atoms with E-state index >= 15 is 0 Å². The van der Waals surface area contributed by atoms with Crippen LogP contribution in [-0.2, 0) is 16.2 Å². The Labute approximate surface area is 204 Å². The zero-order chi connectivity index (χ0) is 22.7. The Morgan fingerprint density at radius 3 is 2.59 bits per heavy atom. The zero-order valence-corrected chi connectivity index (χ0v) is 20.0. The molecule has 0 spiro atoms. The second-order valence-electron chi connectivity index (χ2n) is 7.18. The molecule has 1 fully saturated rings. The number of thiocarbonyl (C=S) groups is 1. The molecule has 0 saturated carbocycles. The molecule has 4 rings (SSSR count). The Morgan fingerprint density at radius 1 is 1.06 bits per heavy atom. The third-order valence-corrected chi connectivity index (χ3v) is 6.14. The van der Waals surface area contributed by atoms with Crippen molar-refractivity contribution in [2.75, 3.05) is 6.54 Å². The topological polar surface area (TPSA) is 58.6 Å². The SMILES string of the molecule is C=CCN1C(=O)/C(=C/c2ccc(OCc3ccc4ccccc4c3)c(I)c2)C(=O)NC1=S. The molecular formula is C25H19IN2O3S. The number of carbonyl (C=O) groups excluding carboxylic acids is 2. The molecule has 0 unspecified atom stereocenters. The number of hydrogen-bond acceptors (Lipinski definition) is 4. The summed E-state index contributed by atoms with van der Waals surface area (Å²) in [5.74, 6) is -0.216. The minimum Gasteiger partial charge on any atom is -0.488 e. The van der Waals surface area contributed by atoms with Gasteiger partial charge in [0.1, 0.15) is 17.9 Å². The second kappa shape index (κ2) is 9.62. The molecular weight excluding hydrogens is 535 g/mol. The van der Waals surface area contributed by atoms with Crippen molar-refractivity contribution in [2.45, 2.75) is 6.61 Å². The fourth-order valence-corrected chi connectivity index (χ4v) is 4.31. The van der Waals surface area contributed by atoms with Crippen molar-refractivity contribution in [1.29, 1.82) is 0 Å². The number of carbonyl (C=O) groups is 2. The summed E-state index contributed by atoms with van der Waals surface area (Å²) in [6.07, 6.45) is 3.12. The fraction of sp³-hybridized carbons (Fsp3) is 0.0800. The van der Waals surface area contributed by atoms with Gasteiger partial charge in [-0.2, -0.15) is 0 Å². The molecule has 3 aromatic rings. The molecule has 1 saturated heterocycles. The van der Waals surface area contributed by atoms with Gasteiger partial charge in [-0.05, 0) is 81.0 Å². The van der Waals surface area contributed by atoms with E-state index in [1.54, 1.807) is 12.2 Å². The van der Waals surface area contributed by atoms with Gasteiger partial charge >= 0.3 is 0 Å². The summed E-state index contributed by atoms with van der Waals surface area (Å²) < 4.78 is 6.89. The molecule has 0 aliphatic carbocycles. The number of benzene rings is 3. The predicted molar refractivity (Wildman–Crippen MR) is 138 cm³/mol. The molecule has 0 radical (unpaired) electrons. The number of halogens is 1. The van der Waals surface area contributed by atoms with Crippen molar-refractivity contribution in [3.05, 3.63) is 93.6 Å². The summed E-state index contributed by atoms with van der Waals surface area (Å²) in [6, 6.07) is 20.0. The van der Waals surface area contributed by atoms with E-state index in [0.29, 0.717) is 6.61 Å². The molecule has 0 bridgehead atoms. The maximum Gasteiger partial charge on any atom is 0.265 e. The molecule has 1 aliphatic rings. The van der Waals surface area contributed by atoms with Crippen molar-refractivity contribution in [2.24, 2.45) is 0 Å². The van der Waals surface area contributed by atoms with E-state index in [1.807, 2.05) is 30.3 Å². The standard InChI is InChI=1S/C25H19IN2O3S/c1-2-11-28-24(30)20(23(29)27-25(28)32)13-16-8-10-22(21(26)14-16)31-15-17-7-9-18-5-3-4-6-19(18)12-17/h2-10,12-14H,1,11,15H2,(H,27,29,32)/b20-13+. The van der Waals surface area contributed by atoms with Gasteiger partial charge in [0, 0.05) is 6.54 Å². The highest BCUT2D eigenvalue weighted by molar-refractivity contribution is 14.1. The molecule has 2 amide bonds. The molecule has 1 aliphatic heterocycles. The monoisotopic (exact) mass is 554 g/mol. The third kappa shape index (κ3) is 4.73. The van der Waals surface area contributed by atoms with Gasteiger partial charge in [-0.1, -0.05) is 48.5 Å². The molecule has 0 aromatic heterocycles. The van der Waals surface area contributed by atoms with Crippen molar-refractivity contribution >= 4 is 68.6 Å². The zero-order valence-electron chi connectivity index (χ0n) is 17.0. The van der Waals surface area contributed by atoms with Gasteiger partial charge in [-0.25, -0.2) is 0 Å². The Balaban J connectivity index is 1.51. The number of amides is 2. The van der Waals surface area contributed by atoms with Crippen molar-refractivity contribution < 1.29 is 14.3 Å². The Bertz CT molecular complexity index is 1290. The molecule has 160 valence electrons. The Morgan fingerprint density at radius 2 is 1.84 bits per heavy atom. The highest BCUT2D eigenvalue weighted by Gasteiger charge is 2.32. The van der Waals surface area contributed by atoms with E-state index in [1.165, 1.54) is 15.7 Å². The first-order valence-electron chi connectivity index (χ1n) is 9.86. The van der Waals surface area contributed by atoms with E-state index in [9.17, 15) is 9.59 Å². The van der Waals surface area contributed by atoms with E-state index in [0.717, 1.165) is 20.4 Å². The van der Waals surface area contributed by atoms with Crippen molar-refractivity contribution in [3.63, 3.8) is 0 Å². The number of ether oxygens (including phenoxy) is 1. The molecule has 1 heterocycles. The van der Waals surface area contributed by atoms with Crippen LogP contribution in [0, 0.1) is 3.57 Å². The first-order chi connectivity index (χ1) is 15.5. The summed E-state index contributed by atoms with van der Waals surface area (Å²) in [5.41, 5.74) is 1.83. The first-order valence-corrected chi connectivity index (χ1v) is 11.3. The highest BCUT2D eigenvalue weighted by atomic mass is 127. The Kier molecular flexibility index (Phi) is 6.66. The van der Waals surface area contributed by atoms with Crippen LogP contribution >= 0.6 is 34.8 Å².